The van der Waals surface area contributed by atoms with Gasteiger partial charge in [-0.3, -0.25) is 14.5 Å². The molecule has 1 N–H and O–H groups in total. The number of aryl methyl sites for hydroxylation is 1. The van der Waals surface area contributed by atoms with Gasteiger partial charge in [-0.05, 0) is 79.3 Å². The average Bonchev–Trinajstić information content (AvgIpc) is 3.15. The Morgan fingerprint density at radius 1 is 1.00 bits per heavy atom. The number of anilines is 1. The van der Waals surface area contributed by atoms with E-state index in [2.05, 4.69) is 20.8 Å². The van der Waals surface area contributed by atoms with E-state index in [1.54, 1.807) is 31.4 Å². The Morgan fingerprint density at radius 3 is 2.37 bits per heavy atom. The number of ether oxygens (including phenoxy) is 2. The third-order valence-corrected chi connectivity index (χ3v) is 7.05. The number of ketones is 1. The predicted molar refractivity (Wildman–Crippen MR) is 150 cm³/mol. The molecule has 6 heteroatoms. The van der Waals surface area contributed by atoms with E-state index in [1.807, 2.05) is 57.2 Å². The fourth-order valence-corrected chi connectivity index (χ4v) is 4.90. The minimum absolute atomic E-state index is 0.0354. The van der Waals surface area contributed by atoms with Gasteiger partial charge in [0.15, 0.2) is 0 Å². The second kappa shape index (κ2) is 10.4. The van der Waals surface area contributed by atoms with Gasteiger partial charge in [0.05, 0.1) is 25.3 Å². The van der Waals surface area contributed by atoms with Crippen molar-refractivity contribution in [2.75, 3.05) is 18.6 Å². The molecule has 0 aliphatic carbocycles. The second-order valence-corrected chi connectivity index (χ2v) is 10.6. The number of methoxy groups -OCH3 is 1. The van der Waals surface area contributed by atoms with E-state index in [0.717, 1.165) is 22.4 Å². The molecule has 1 unspecified atom stereocenters. The van der Waals surface area contributed by atoms with Crippen LogP contribution >= 0.6 is 0 Å². The van der Waals surface area contributed by atoms with E-state index in [-0.39, 0.29) is 16.7 Å². The normalized spacial score (nSPS) is 17.1. The smallest absolute Gasteiger partial charge is 0.300 e. The molecular formula is C32H35NO5. The molecule has 0 aromatic heterocycles. The summed E-state index contributed by atoms with van der Waals surface area (Å²) < 4.78 is 11.3. The van der Waals surface area contributed by atoms with Crippen molar-refractivity contribution < 1.29 is 24.2 Å². The molecule has 4 rings (SSSR count). The van der Waals surface area contributed by atoms with Gasteiger partial charge in [-0.25, -0.2) is 0 Å². The van der Waals surface area contributed by atoms with Crippen LogP contribution in [0.2, 0.25) is 0 Å². The van der Waals surface area contributed by atoms with Crippen LogP contribution < -0.4 is 14.4 Å². The van der Waals surface area contributed by atoms with Crippen LogP contribution in [0, 0.1) is 13.8 Å². The van der Waals surface area contributed by atoms with Crippen molar-refractivity contribution in [2.24, 2.45) is 0 Å². The van der Waals surface area contributed by atoms with E-state index in [1.165, 1.54) is 4.90 Å². The highest BCUT2D eigenvalue weighted by Crippen LogP contribution is 2.44. The van der Waals surface area contributed by atoms with Crippen molar-refractivity contribution in [1.82, 2.24) is 0 Å². The zero-order valence-electron chi connectivity index (χ0n) is 23.1. The van der Waals surface area contributed by atoms with Crippen molar-refractivity contribution >= 4 is 23.1 Å². The third kappa shape index (κ3) is 4.78. The Bertz CT molecular complexity index is 1430. The summed E-state index contributed by atoms with van der Waals surface area (Å²) in [6.07, 6.45) is 0. The maximum atomic E-state index is 13.6. The van der Waals surface area contributed by atoms with Crippen LogP contribution in [0.5, 0.6) is 11.5 Å². The quantitative estimate of drug-likeness (QED) is 0.227. The van der Waals surface area contributed by atoms with Crippen LogP contribution in [0.4, 0.5) is 5.69 Å². The number of aliphatic hydroxyl groups excluding tert-OH is 1. The zero-order valence-corrected chi connectivity index (χ0v) is 23.1. The largest absolute Gasteiger partial charge is 0.507 e. The number of hydrogen-bond donors (Lipinski definition) is 1. The SMILES string of the molecule is CCOc1ccc(/C(O)=C2/C(=O)C(=O)N(c3cccc(C)c3C)C2c2cccc(OC)c2)cc1C(C)(C)C. The van der Waals surface area contributed by atoms with E-state index >= 15 is 0 Å². The molecular weight excluding hydrogens is 478 g/mol. The lowest BCUT2D eigenvalue weighted by Gasteiger charge is -2.28. The van der Waals surface area contributed by atoms with Gasteiger partial charge in [-0.1, -0.05) is 45.0 Å². The minimum Gasteiger partial charge on any atom is -0.507 e. The molecule has 38 heavy (non-hydrogen) atoms. The summed E-state index contributed by atoms with van der Waals surface area (Å²) in [5.74, 6) is -0.336. The number of benzene rings is 3. The first kappa shape index (κ1) is 27.0. The molecule has 1 saturated heterocycles. The van der Waals surface area contributed by atoms with Crippen LogP contribution in [-0.2, 0) is 15.0 Å². The van der Waals surface area contributed by atoms with Crippen molar-refractivity contribution in [1.29, 1.82) is 0 Å². The highest BCUT2D eigenvalue weighted by molar-refractivity contribution is 6.51. The predicted octanol–water partition coefficient (Wildman–Crippen LogP) is 6.63. The summed E-state index contributed by atoms with van der Waals surface area (Å²) in [4.78, 5) is 28.7. The second-order valence-electron chi connectivity index (χ2n) is 10.6. The van der Waals surface area contributed by atoms with Crippen LogP contribution in [0.1, 0.15) is 61.6 Å². The molecule has 1 heterocycles. The summed E-state index contributed by atoms with van der Waals surface area (Å²) in [6, 6.07) is 17.4. The Balaban J connectivity index is 1.99. The van der Waals surface area contributed by atoms with Crippen molar-refractivity contribution in [3.05, 3.63) is 94.1 Å². The van der Waals surface area contributed by atoms with Gasteiger partial charge in [-0.2, -0.15) is 0 Å². The lowest BCUT2D eigenvalue weighted by Crippen LogP contribution is -2.30. The topological polar surface area (TPSA) is 76.1 Å². The van der Waals surface area contributed by atoms with Gasteiger partial charge in [0.2, 0.25) is 0 Å². The zero-order chi connectivity index (χ0) is 27.8. The molecule has 1 aliphatic rings. The maximum Gasteiger partial charge on any atom is 0.300 e. The van der Waals surface area contributed by atoms with E-state index in [4.69, 9.17) is 9.47 Å². The van der Waals surface area contributed by atoms with Gasteiger partial charge in [0.25, 0.3) is 11.7 Å². The first-order valence-corrected chi connectivity index (χ1v) is 12.8. The number of aliphatic hydroxyl groups is 1. The number of carbonyl (C=O) groups is 2. The molecule has 198 valence electrons. The fraction of sp³-hybridized carbons (Fsp3) is 0.312. The summed E-state index contributed by atoms with van der Waals surface area (Å²) in [5.41, 5.74) is 4.27. The molecule has 1 aliphatic heterocycles. The molecule has 0 spiro atoms. The molecule has 0 bridgehead atoms. The molecule has 6 nitrogen and oxygen atoms in total. The van der Waals surface area contributed by atoms with Crippen molar-refractivity contribution in [3.8, 4) is 11.5 Å². The molecule has 0 radical (unpaired) electrons. The summed E-state index contributed by atoms with van der Waals surface area (Å²) in [5, 5.41) is 11.7. The number of hydrogen-bond acceptors (Lipinski definition) is 5. The number of rotatable bonds is 6. The highest BCUT2D eigenvalue weighted by atomic mass is 16.5. The first-order valence-electron chi connectivity index (χ1n) is 12.8. The Morgan fingerprint density at radius 2 is 1.71 bits per heavy atom. The van der Waals surface area contributed by atoms with E-state index < -0.39 is 17.7 Å². The van der Waals surface area contributed by atoms with Crippen LogP contribution in [-0.4, -0.2) is 30.5 Å². The molecule has 3 aromatic rings. The number of nitrogens with zero attached hydrogens (tertiary/aromatic N) is 1. The van der Waals surface area contributed by atoms with Crippen LogP contribution in [0.15, 0.2) is 66.2 Å². The number of Topliss-reactive ketones (excluding diaryl/α,β-unsaturated/α-hetero) is 1. The lowest BCUT2D eigenvalue weighted by molar-refractivity contribution is -0.132. The van der Waals surface area contributed by atoms with Gasteiger partial charge in [-0.15, -0.1) is 0 Å². The van der Waals surface area contributed by atoms with Crippen molar-refractivity contribution in [3.63, 3.8) is 0 Å². The minimum atomic E-state index is -0.838. The molecule has 0 saturated carbocycles. The third-order valence-electron chi connectivity index (χ3n) is 7.05. The van der Waals surface area contributed by atoms with E-state index in [0.29, 0.717) is 29.2 Å². The first-order chi connectivity index (χ1) is 18.0. The Labute approximate surface area is 224 Å². The molecule has 3 aromatic carbocycles. The van der Waals surface area contributed by atoms with Crippen LogP contribution in [0.25, 0.3) is 5.76 Å². The molecule has 1 fully saturated rings. The fourth-order valence-electron chi connectivity index (χ4n) is 4.90. The van der Waals surface area contributed by atoms with Gasteiger partial charge in [0.1, 0.15) is 17.3 Å². The molecule has 1 atom stereocenters. The number of carbonyl (C=O) groups excluding carboxylic acids is 2. The Hall–Kier alpha value is -4.06. The van der Waals surface area contributed by atoms with Gasteiger partial charge in [0, 0.05) is 16.8 Å². The van der Waals surface area contributed by atoms with E-state index in [9.17, 15) is 14.7 Å². The average molecular weight is 514 g/mol. The van der Waals surface area contributed by atoms with Gasteiger partial charge < -0.3 is 14.6 Å². The number of amides is 1. The van der Waals surface area contributed by atoms with Crippen molar-refractivity contribution in [2.45, 2.75) is 53.0 Å². The monoisotopic (exact) mass is 513 g/mol. The Kier molecular flexibility index (Phi) is 7.36. The lowest BCUT2D eigenvalue weighted by atomic mass is 9.84. The highest BCUT2D eigenvalue weighted by Gasteiger charge is 2.47. The maximum absolute atomic E-state index is 13.6. The summed E-state index contributed by atoms with van der Waals surface area (Å²) in [6.45, 7) is 12.5. The summed E-state index contributed by atoms with van der Waals surface area (Å²) in [7, 11) is 1.56. The van der Waals surface area contributed by atoms with Crippen LogP contribution in [0.3, 0.4) is 0 Å². The van der Waals surface area contributed by atoms with Gasteiger partial charge >= 0.3 is 0 Å². The molecule has 1 amide bonds. The summed E-state index contributed by atoms with van der Waals surface area (Å²) >= 11 is 0. The standard InChI is InChI=1S/C32H35NO5/c1-8-38-26-16-15-22(18-24(26)32(4,5)6)29(34)27-28(21-12-10-13-23(17-21)37-7)33(31(36)30(27)35)25-14-9-11-19(2)20(25)3/h9-18,28,34H,8H2,1-7H3/b29-27-.